The number of rotatable bonds is 12. The SMILES string of the molecule is CCn1nc(C)cc1C(=O)Nc1nc2cc(C(N)=O)cc3c2n1C/C=C/Cn1c(NC(O)c2cc(C)nn2CC)nc2cc(C(N)=O)cc(c21)OCC(N1CCC(OP(=O)(O)O)CC1)CO3. The lowest BCUT2D eigenvalue weighted by Crippen LogP contribution is -2.48. The van der Waals surface area contributed by atoms with Gasteiger partial charge in [-0.3, -0.25) is 38.5 Å². The van der Waals surface area contributed by atoms with Gasteiger partial charge in [-0.25, -0.2) is 14.5 Å². The first-order valence-corrected chi connectivity index (χ1v) is 22.9. The highest BCUT2D eigenvalue weighted by atomic mass is 31.2. The summed E-state index contributed by atoms with van der Waals surface area (Å²) in [5.74, 6) is -1.07. The highest BCUT2D eigenvalue weighted by molar-refractivity contribution is 7.46. The van der Waals surface area contributed by atoms with Crippen LogP contribution in [-0.2, 0) is 35.3 Å². The standard InChI is InChI=1S/C42H52N13O10P/c1-5-54-31(15-23(3)49-54)39(58)47-41-45-29-17-25(37(43)56)19-33-35(29)52(41)11-7-8-12-53-36-30(46-42(53)48-40(59)32-16-24(4)50-55(32)6-2)18-26(38(44)57)20-34(36)64-22-27(21-63-33)51-13-9-28(10-14-51)65-66(60,61)62/h7-8,15-20,27-28,39,58H,5-6,9-14,21-22H2,1-4H3,(H2,43,56)(H2,44,57)(H,45,47)(H,46,48,59)(H2,60,61,62)/b8-7+. The molecule has 66 heavy (non-hydrogen) atoms. The summed E-state index contributed by atoms with van der Waals surface area (Å²) in [5, 5.41) is 26.5. The minimum absolute atomic E-state index is 0.0492. The Bertz CT molecular complexity index is 2910. The summed E-state index contributed by atoms with van der Waals surface area (Å²) in [7, 11) is -4.74. The van der Waals surface area contributed by atoms with Gasteiger partial charge >= 0.3 is 7.82 Å². The topological polar surface area (TPSA) is 307 Å². The van der Waals surface area contributed by atoms with Crippen molar-refractivity contribution in [2.24, 2.45) is 11.5 Å². The molecule has 2 aromatic carbocycles. The van der Waals surface area contributed by atoms with Crippen LogP contribution in [0.25, 0.3) is 22.1 Å². The molecule has 0 aliphatic carbocycles. The van der Waals surface area contributed by atoms with E-state index in [1.807, 2.05) is 37.8 Å². The van der Waals surface area contributed by atoms with E-state index in [1.54, 1.807) is 43.6 Å². The molecule has 2 unspecified atom stereocenters. The number of piperidine rings is 1. The normalized spacial score (nSPS) is 17.4. The second-order valence-corrected chi connectivity index (χ2v) is 17.3. The van der Waals surface area contributed by atoms with Gasteiger partial charge in [0.25, 0.3) is 5.91 Å². The molecule has 2 aliphatic rings. The number of anilines is 2. The molecule has 8 rings (SSSR count). The van der Waals surface area contributed by atoms with Gasteiger partial charge in [0.1, 0.15) is 41.4 Å². The summed E-state index contributed by atoms with van der Waals surface area (Å²) in [5.41, 5.74) is 15.6. The minimum atomic E-state index is -4.74. The largest absolute Gasteiger partial charge is 0.490 e. The number of phosphoric ester groups is 1. The number of imidazole rings is 2. The number of hydrogen-bond acceptors (Lipinski definition) is 14. The van der Waals surface area contributed by atoms with Crippen LogP contribution in [0.2, 0.25) is 0 Å². The van der Waals surface area contributed by atoms with Crippen LogP contribution in [0.15, 0.2) is 48.6 Å². The number of hydrogen-bond donors (Lipinski definition) is 7. The van der Waals surface area contributed by atoms with Gasteiger partial charge in [0.15, 0.2) is 6.23 Å². The number of aliphatic hydroxyl groups excluding tert-OH is 1. The summed E-state index contributed by atoms with van der Waals surface area (Å²) >= 11 is 0. The Balaban J connectivity index is 1.25. The Kier molecular flexibility index (Phi) is 13.0. The number of carbonyl (C=O) groups excluding carboxylic acids is 3. The number of carbonyl (C=O) groups is 3. The number of likely N-dealkylation sites (tertiary alicyclic amines) is 1. The average Bonchev–Trinajstić information content (AvgIpc) is 4.03. The number of aliphatic hydroxyl groups is 1. The van der Waals surface area contributed by atoms with E-state index in [2.05, 4.69) is 20.8 Å². The Hall–Kier alpha value is -6.62. The van der Waals surface area contributed by atoms with Crippen molar-refractivity contribution in [2.45, 2.75) is 85.1 Å². The van der Waals surface area contributed by atoms with E-state index in [-0.39, 0.29) is 73.7 Å². The molecule has 3 amide bonds. The maximum absolute atomic E-state index is 13.9. The van der Waals surface area contributed by atoms with Crippen molar-refractivity contribution in [3.8, 4) is 11.5 Å². The van der Waals surface area contributed by atoms with Crippen LogP contribution in [0.5, 0.6) is 11.5 Å². The molecule has 2 atom stereocenters. The lowest BCUT2D eigenvalue weighted by Gasteiger charge is -2.37. The summed E-state index contributed by atoms with van der Waals surface area (Å²) in [4.78, 5) is 70.0. The van der Waals surface area contributed by atoms with Crippen molar-refractivity contribution in [3.63, 3.8) is 0 Å². The third-order valence-corrected chi connectivity index (χ3v) is 12.1. The molecule has 350 valence electrons. The van der Waals surface area contributed by atoms with Gasteiger partial charge in [-0.2, -0.15) is 10.2 Å². The molecule has 0 saturated carbocycles. The molecule has 6 aromatic rings. The molecule has 9 N–H and O–H groups in total. The fourth-order valence-corrected chi connectivity index (χ4v) is 9.03. The van der Waals surface area contributed by atoms with Crippen molar-refractivity contribution < 1.29 is 47.8 Å². The maximum atomic E-state index is 13.9. The van der Waals surface area contributed by atoms with E-state index < -0.39 is 43.9 Å². The molecule has 0 bridgehead atoms. The third kappa shape index (κ3) is 9.66. The van der Waals surface area contributed by atoms with Gasteiger partial charge in [-0.05, 0) is 76.9 Å². The second kappa shape index (κ2) is 18.7. The number of aromatic nitrogens is 8. The van der Waals surface area contributed by atoms with Gasteiger partial charge in [0.05, 0.1) is 40.3 Å². The summed E-state index contributed by atoms with van der Waals surface area (Å²) in [6.07, 6.45) is 2.30. The Morgan fingerprint density at radius 3 is 1.89 bits per heavy atom. The molecule has 2 aliphatic heterocycles. The van der Waals surface area contributed by atoms with Crippen LogP contribution in [0.1, 0.15) is 81.2 Å². The lowest BCUT2D eigenvalue weighted by molar-refractivity contribution is 0.0278. The fraction of sp³-hybridized carbons (Fsp3) is 0.405. The third-order valence-electron chi connectivity index (χ3n) is 11.5. The minimum Gasteiger partial charge on any atom is -0.490 e. The highest BCUT2D eigenvalue weighted by Gasteiger charge is 2.32. The van der Waals surface area contributed by atoms with Gasteiger partial charge < -0.3 is 50.3 Å². The first-order chi connectivity index (χ1) is 31.5. The summed E-state index contributed by atoms with van der Waals surface area (Å²) < 4.78 is 36.8. The second-order valence-electron chi connectivity index (χ2n) is 16.1. The van der Waals surface area contributed by atoms with E-state index in [9.17, 15) is 33.8 Å². The number of primary amides is 2. The zero-order chi connectivity index (χ0) is 47.0. The van der Waals surface area contributed by atoms with Crippen LogP contribution in [0, 0.1) is 13.8 Å². The van der Waals surface area contributed by atoms with E-state index in [1.165, 1.54) is 18.2 Å². The Morgan fingerprint density at radius 1 is 0.818 bits per heavy atom. The van der Waals surface area contributed by atoms with Gasteiger partial charge in [0, 0.05) is 50.4 Å². The van der Waals surface area contributed by atoms with E-state index in [4.69, 9.17) is 35.4 Å². The first-order valence-electron chi connectivity index (χ1n) is 21.4. The van der Waals surface area contributed by atoms with Crippen LogP contribution in [0.4, 0.5) is 11.9 Å². The molecule has 1 saturated heterocycles. The van der Waals surface area contributed by atoms with E-state index >= 15 is 0 Å². The van der Waals surface area contributed by atoms with E-state index in [0.29, 0.717) is 71.0 Å². The van der Waals surface area contributed by atoms with Crippen LogP contribution in [-0.4, -0.2) is 115 Å². The van der Waals surface area contributed by atoms with Crippen LogP contribution in [0.3, 0.4) is 0 Å². The van der Waals surface area contributed by atoms with Crippen molar-refractivity contribution in [1.29, 1.82) is 0 Å². The molecule has 0 radical (unpaired) electrons. The number of allylic oxidation sites excluding steroid dienone is 2. The van der Waals surface area contributed by atoms with Gasteiger partial charge in [-0.15, -0.1) is 0 Å². The predicted molar refractivity (Wildman–Crippen MR) is 240 cm³/mol. The summed E-state index contributed by atoms with van der Waals surface area (Å²) in [6.45, 7) is 9.18. The number of nitrogens with zero attached hydrogens (tertiary/aromatic N) is 9. The Morgan fingerprint density at radius 2 is 1.35 bits per heavy atom. The maximum Gasteiger partial charge on any atom is 0.469 e. The molecule has 1 fully saturated rings. The summed E-state index contributed by atoms with van der Waals surface area (Å²) in [6, 6.07) is 8.97. The zero-order valence-electron chi connectivity index (χ0n) is 36.7. The Labute approximate surface area is 377 Å². The van der Waals surface area contributed by atoms with Gasteiger partial charge in [-0.1, -0.05) is 12.2 Å². The molecule has 6 heterocycles. The quantitative estimate of drug-likeness (QED) is 0.0527. The van der Waals surface area contributed by atoms with Crippen molar-refractivity contribution in [3.05, 3.63) is 82.5 Å². The van der Waals surface area contributed by atoms with Crippen molar-refractivity contribution >= 4 is 59.5 Å². The van der Waals surface area contributed by atoms with Crippen LogP contribution >= 0.6 is 7.82 Å². The fourth-order valence-electron chi connectivity index (χ4n) is 8.43. The number of phosphoric acid groups is 1. The van der Waals surface area contributed by atoms with Crippen LogP contribution < -0.4 is 31.6 Å². The number of amides is 3. The number of benzene rings is 2. The molecular formula is C42H52N13O10P. The molecular weight excluding hydrogens is 878 g/mol. The number of aryl methyl sites for hydroxylation is 4. The van der Waals surface area contributed by atoms with Crippen molar-refractivity contribution in [2.75, 3.05) is 36.9 Å². The number of nitrogens with two attached hydrogens (primary N) is 2. The molecule has 4 aromatic heterocycles. The monoisotopic (exact) mass is 929 g/mol. The number of ether oxygens (including phenoxy) is 2. The van der Waals surface area contributed by atoms with Gasteiger partial charge in [0.2, 0.25) is 23.7 Å². The first kappa shape index (κ1) is 45.9. The molecule has 0 spiro atoms. The highest BCUT2D eigenvalue weighted by Crippen LogP contribution is 2.40. The molecule has 24 heteroatoms. The predicted octanol–water partition coefficient (Wildman–Crippen LogP) is 2.96. The van der Waals surface area contributed by atoms with E-state index in [0.717, 1.165) is 0 Å². The zero-order valence-corrected chi connectivity index (χ0v) is 37.6. The lowest BCUT2D eigenvalue weighted by atomic mass is 10.1. The molecule has 23 nitrogen and oxygen atoms in total. The number of nitrogens with one attached hydrogen (secondary N) is 2. The smallest absolute Gasteiger partial charge is 0.469 e. The average molecular weight is 930 g/mol. The van der Waals surface area contributed by atoms with Crippen molar-refractivity contribution in [1.82, 2.24) is 43.6 Å².